The Hall–Kier alpha value is -2.09. The largest absolute Gasteiger partial charge is 0.481 e. The number of hydrogen-bond acceptors (Lipinski definition) is 4. The van der Waals surface area contributed by atoms with Crippen molar-refractivity contribution >= 4 is 27.6 Å². The number of hydrogen-bond donors (Lipinski definition) is 2. The minimum atomic E-state index is -3.27. The van der Waals surface area contributed by atoms with Crippen molar-refractivity contribution in [2.24, 2.45) is 11.8 Å². The number of sulfonamides is 1. The van der Waals surface area contributed by atoms with Crippen molar-refractivity contribution in [2.75, 3.05) is 23.1 Å². The predicted octanol–water partition coefficient (Wildman–Crippen LogP) is 2.01. The van der Waals surface area contributed by atoms with E-state index in [9.17, 15) is 23.1 Å². The van der Waals surface area contributed by atoms with Gasteiger partial charge in [-0.3, -0.25) is 13.9 Å². The highest BCUT2D eigenvalue weighted by atomic mass is 32.2. The summed E-state index contributed by atoms with van der Waals surface area (Å²) >= 11 is 0. The van der Waals surface area contributed by atoms with Gasteiger partial charge in [-0.1, -0.05) is 13.8 Å². The number of carboxylic acids is 1. The number of carbonyl (C=O) groups is 2. The standard InChI is InChI=1S/C18H26N2O5S/c1-12(2)9-14(18(22)23)11-19-17(21)16-6-5-15(10-13(16)3)20-7-4-8-26(20,24)25/h5-6,10,12,14H,4,7-9,11H2,1-3H3,(H,19,21)(H,22,23). The molecule has 1 aliphatic heterocycles. The molecule has 1 aromatic rings. The van der Waals surface area contributed by atoms with Crippen LogP contribution in [0.15, 0.2) is 18.2 Å². The zero-order valence-electron chi connectivity index (χ0n) is 15.4. The molecule has 0 aromatic heterocycles. The number of benzene rings is 1. The highest BCUT2D eigenvalue weighted by molar-refractivity contribution is 7.93. The molecule has 1 unspecified atom stereocenters. The molecule has 0 saturated carbocycles. The molecule has 1 heterocycles. The molecule has 2 rings (SSSR count). The number of carbonyl (C=O) groups excluding carboxylic acids is 1. The number of amides is 1. The van der Waals surface area contributed by atoms with E-state index in [-0.39, 0.29) is 24.1 Å². The Bertz CT molecular complexity index is 789. The van der Waals surface area contributed by atoms with Gasteiger partial charge in [0.25, 0.3) is 5.91 Å². The van der Waals surface area contributed by atoms with Crippen LogP contribution in [-0.4, -0.2) is 44.2 Å². The van der Waals surface area contributed by atoms with Crippen LogP contribution in [0.1, 0.15) is 42.6 Å². The highest BCUT2D eigenvalue weighted by Gasteiger charge is 2.29. The lowest BCUT2D eigenvalue weighted by molar-refractivity contribution is -0.142. The first-order valence-electron chi connectivity index (χ1n) is 8.74. The number of aliphatic carboxylic acids is 1. The summed E-state index contributed by atoms with van der Waals surface area (Å²) in [7, 11) is -3.27. The van der Waals surface area contributed by atoms with Crippen LogP contribution in [-0.2, 0) is 14.8 Å². The monoisotopic (exact) mass is 382 g/mol. The average molecular weight is 382 g/mol. The fourth-order valence-electron chi connectivity index (χ4n) is 3.14. The van der Waals surface area contributed by atoms with Crippen LogP contribution in [0.3, 0.4) is 0 Å². The molecular formula is C18H26N2O5S. The van der Waals surface area contributed by atoms with E-state index in [1.54, 1.807) is 25.1 Å². The zero-order chi connectivity index (χ0) is 19.5. The lowest BCUT2D eigenvalue weighted by atomic mass is 9.97. The first-order chi connectivity index (χ1) is 12.1. The van der Waals surface area contributed by atoms with Crippen LogP contribution in [0.25, 0.3) is 0 Å². The second kappa shape index (κ2) is 8.07. The van der Waals surface area contributed by atoms with Gasteiger partial charge in [-0.15, -0.1) is 0 Å². The highest BCUT2D eigenvalue weighted by Crippen LogP contribution is 2.26. The molecule has 1 aromatic carbocycles. The quantitative estimate of drug-likeness (QED) is 0.751. The van der Waals surface area contributed by atoms with Crippen LogP contribution < -0.4 is 9.62 Å². The summed E-state index contributed by atoms with van der Waals surface area (Å²) in [6.45, 7) is 6.13. The topological polar surface area (TPSA) is 104 Å². The molecular weight excluding hydrogens is 356 g/mol. The fourth-order valence-corrected chi connectivity index (χ4v) is 4.70. The van der Waals surface area contributed by atoms with E-state index in [0.29, 0.717) is 36.2 Å². The molecule has 2 N–H and O–H groups in total. The maximum absolute atomic E-state index is 12.4. The Kier molecular flexibility index (Phi) is 6.28. The van der Waals surface area contributed by atoms with E-state index in [0.717, 1.165) is 0 Å². The smallest absolute Gasteiger partial charge is 0.308 e. The van der Waals surface area contributed by atoms with Crippen molar-refractivity contribution < 1.29 is 23.1 Å². The van der Waals surface area contributed by atoms with Crippen molar-refractivity contribution in [1.29, 1.82) is 0 Å². The van der Waals surface area contributed by atoms with Gasteiger partial charge in [0.1, 0.15) is 0 Å². The molecule has 1 fully saturated rings. The van der Waals surface area contributed by atoms with Crippen LogP contribution in [0.5, 0.6) is 0 Å². The molecule has 1 atom stereocenters. The van der Waals surface area contributed by atoms with E-state index in [2.05, 4.69) is 5.32 Å². The predicted molar refractivity (Wildman–Crippen MR) is 99.8 cm³/mol. The van der Waals surface area contributed by atoms with Crippen LogP contribution in [0.4, 0.5) is 5.69 Å². The normalized spacial score (nSPS) is 17.3. The third-order valence-corrected chi connectivity index (χ3v) is 6.33. The molecule has 1 saturated heterocycles. The molecule has 0 spiro atoms. The molecule has 0 radical (unpaired) electrons. The Morgan fingerprint density at radius 2 is 2.00 bits per heavy atom. The van der Waals surface area contributed by atoms with Gasteiger partial charge in [-0.25, -0.2) is 8.42 Å². The maximum atomic E-state index is 12.4. The first kappa shape index (κ1) is 20.2. The van der Waals surface area contributed by atoms with Crippen LogP contribution in [0.2, 0.25) is 0 Å². The van der Waals surface area contributed by atoms with E-state index in [1.807, 2.05) is 13.8 Å². The van der Waals surface area contributed by atoms with E-state index >= 15 is 0 Å². The van der Waals surface area contributed by atoms with Crippen LogP contribution >= 0.6 is 0 Å². The summed E-state index contributed by atoms with van der Waals surface area (Å²) < 4.78 is 25.4. The van der Waals surface area contributed by atoms with Crippen molar-refractivity contribution in [2.45, 2.75) is 33.6 Å². The molecule has 1 amide bonds. The average Bonchev–Trinajstić information content (AvgIpc) is 2.89. The second-order valence-corrected chi connectivity index (χ2v) is 9.13. The van der Waals surface area contributed by atoms with Gasteiger partial charge in [0.15, 0.2) is 0 Å². The number of carboxylic acid groups (broad SMARTS) is 1. The number of aryl methyl sites for hydroxylation is 1. The van der Waals surface area contributed by atoms with Crippen molar-refractivity contribution in [3.05, 3.63) is 29.3 Å². The van der Waals surface area contributed by atoms with Gasteiger partial charge >= 0.3 is 5.97 Å². The molecule has 144 valence electrons. The summed E-state index contributed by atoms with van der Waals surface area (Å²) in [4.78, 5) is 23.7. The van der Waals surface area contributed by atoms with E-state index in [1.165, 1.54) is 4.31 Å². The summed E-state index contributed by atoms with van der Waals surface area (Å²) in [5, 5.41) is 11.9. The third kappa shape index (κ3) is 4.75. The van der Waals surface area contributed by atoms with Gasteiger partial charge in [0.05, 0.1) is 17.4 Å². The molecule has 1 aliphatic rings. The summed E-state index contributed by atoms with van der Waals surface area (Å²) in [5.74, 6) is -1.55. The number of rotatable bonds is 7. The number of nitrogens with zero attached hydrogens (tertiary/aromatic N) is 1. The van der Waals surface area contributed by atoms with Crippen molar-refractivity contribution in [3.63, 3.8) is 0 Å². The van der Waals surface area contributed by atoms with Crippen molar-refractivity contribution in [3.8, 4) is 0 Å². The third-order valence-electron chi connectivity index (χ3n) is 4.46. The maximum Gasteiger partial charge on any atom is 0.308 e. The minimum absolute atomic E-state index is 0.0635. The summed E-state index contributed by atoms with van der Waals surface area (Å²) in [5.41, 5.74) is 1.62. The second-order valence-electron chi connectivity index (χ2n) is 7.12. The lowest BCUT2D eigenvalue weighted by Gasteiger charge is -2.19. The zero-order valence-corrected chi connectivity index (χ0v) is 16.2. The van der Waals surface area contributed by atoms with Crippen molar-refractivity contribution in [1.82, 2.24) is 5.32 Å². The Morgan fingerprint density at radius 3 is 2.50 bits per heavy atom. The Balaban J connectivity index is 2.09. The first-order valence-corrected chi connectivity index (χ1v) is 10.3. The molecule has 0 bridgehead atoms. The lowest BCUT2D eigenvalue weighted by Crippen LogP contribution is -2.34. The molecule has 26 heavy (non-hydrogen) atoms. The Morgan fingerprint density at radius 1 is 1.31 bits per heavy atom. The number of nitrogens with one attached hydrogen (secondary N) is 1. The minimum Gasteiger partial charge on any atom is -0.481 e. The summed E-state index contributed by atoms with van der Waals surface area (Å²) in [6, 6.07) is 4.89. The molecule has 7 nitrogen and oxygen atoms in total. The van der Waals surface area contributed by atoms with Gasteiger partial charge < -0.3 is 10.4 Å². The van der Waals surface area contributed by atoms with Gasteiger partial charge in [-0.2, -0.15) is 0 Å². The summed E-state index contributed by atoms with van der Waals surface area (Å²) in [6.07, 6.45) is 1.08. The van der Waals surface area contributed by atoms with Gasteiger partial charge in [0, 0.05) is 18.7 Å². The van der Waals surface area contributed by atoms with E-state index in [4.69, 9.17) is 0 Å². The van der Waals surface area contributed by atoms with E-state index < -0.39 is 21.9 Å². The van der Waals surface area contributed by atoms with Gasteiger partial charge in [0.2, 0.25) is 10.0 Å². The SMILES string of the molecule is Cc1cc(N2CCCS2(=O)=O)ccc1C(=O)NCC(CC(C)C)C(=O)O. The molecule has 0 aliphatic carbocycles. The number of anilines is 1. The molecule has 8 heteroatoms. The van der Waals surface area contributed by atoms with Crippen LogP contribution in [0, 0.1) is 18.8 Å². The Labute approximate surface area is 154 Å². The van der Waals surface area contributed by atoms with Gasteiger partial charge in [-0.05, 0) is 49.4 Å². The fraction of sp³-hybridized carbons (Fsp3) is 0.556.